The Hall–Kier alpha value is -2.84. The molecule has 2 rings (SSSR count). The largest absolute Gasteiger partial charge is 0.482 e. The normalized spacial score (nSPS) is 9.91. The van der Waals surface area contributed by atoms with Gasteiger partial charge in [0.25, 0.3) is 5.91 Å². The molecule has 5 heteroatoms. The minimum absolute atomic E-state index is 0.134. The van der Waals surface area contributed by atoms with Crippen LogP contribution >= 0.6 is 0 Å². The van der Waals surface area contributed by atoms with E-state index >= 15 is 0 Å². The van der Waals surface area contributed by atoms with Gasteiger partial charge in [-0.2, -0.15) is 5.26 Å². The Kier molecular flexibility index (Phi) is 6.16. The van der Waals surface area contributed by atoms with Gasteiger partial charge in [-0.3, -0.25) is 4.79 Å². The molecule has 0 aliphatic heterocycles. The second-order valence-electron chi connectivity index (χ2n) is 4.88. The lowest BCUT2D eigenvalue weighted by Gasteiger charge is -2.11. The lowest BCUT2D eigenvalue weighted by molar-refractivity contribution is -0.123. The van der Waals surface area contributed by atoms with Crippen molar-refractivity contribution in [1.82, 2.24) is 5.32 Å². The van der Waals surface area contributed by atoms with E-state index in [1.807, 2.05) is 30.3 Å². The SMILES string of the molecule is COCc1ccccc1CNC(=O)COc1ccccc1C#N. The number of hydrogen-bond donors (Lipinski definition) is 1. The molecule has 2 aromatic carbocycles. The number of rotatable bonds is 7. The van der Waals surface area contributed by atoms with Gasteiger partial charge in [-0.25, -0.2) is 0 Å². The number of hydrogen-bond acceptors (Lipinski definition) is 4. The number of benzene rings is 2. The maximum atomic E-state index is 11.9. The highest BCUT2D eigenvalue weighted by atomic mass is 16.5. The van der Waals surface area contributed by atoms with Crippen molar-refractivity contribution in [3.05, 3.63) is 65.2 Å². The summed E-state index contributed by atoms with van der Waals surface area (Å²) >= 11 is 0. The zero-order chi connectivity index (χ0) is 16.5. The Morgan fingerprint density at radius 3 is 2.57 bits per heavy atom. The quantitative estimate of drug-likeness (QED) is 0.852. The molecular weight excluding hydrogens is 292 g/mol. The molecule has 0 fully saturated rings. The smallest absolute Gasteiger partial charge is 0.258 e. The first kappa shape index (κ1) is 16.5. The van der Waals surface area contributed by atoms with Gasteiger partial charge in [0.2, 0.25) is 0 Å². The summed E-state index contributed by atoms with van der Waals surface area (Å²) in [5.74, 6) is 0.162. The molecule has 0 spiro atoms. The van der Waals surface area contributed by atoms with E-state index in [0.717, 1.165) is 11.1 Å². The van der Waals surface area contributed by atoms with Crippen molar-refractivity contribution in [3.8, 4) is 11.8 Å². The molecule has 0 heterocycles. The summed E-state index contributed by atoms with van der Waals surface area (Å²) in [5.41, 5.74) is 2.44. The fourth-order valence-corrected chi connectivity index (χ4v) is 2.10. The predicted molar refractivity (Wildman–Crippen MR) is 85.7 cm³/mol. The van der Waals surface area contributed by atoms with Crippen LogP contribution in [0.1, 0.15) is 16.7 Å². The van der Waals surface area contributed by atoms with E-state index in [-0.39, 0.29) is 12.5 Å². The fourth-order valence-electron chi connectivity index (χ4n) is 2.10. The second-order valence-corrected chi connectivity index (χ2v) is 4.88. The van der Waals surface area contributed by atoms with Crippen LogP contribution in [0.2, 0.25) is 0 Å². The number of para-hydroxylation sites is 1. The zero-order valence-corrected chi connectivity index (χ0v) is 12.9. The monoisotopic (exact) mass is 310 g/mol. The summed E-state index contributed by atoms with van der Waals surface area (Å²) in [7, 11) is 1.63. The highest BCUT2D eigenvalue weighted by molar-refractivity contribution is 5.77. The molecule has 0 aliphatic carbocycles. The van der Waals surface area contributed by atoms with Gasteiger partial charge in [0.15, 0.2) is 6.61 Å². The number of nitrogens with zero attached hydrogens (tertiary/aromatic N) is 1. The molecule has 0 saturated carbocycles. The molecule has 0 unspecified atom stereocenters. The number of nitrogens with one attached hydrogen (secondary N) is 1. The summed E-state index contributed by atoms with van der Waals surface area (Å²) in [6, 6.07) is 16.6. The second kappa shape index (κ2) is 8.57. The lowest BCUT2D eigenvalue weighted by atomic mass is 10.1. The summed E-state index contributed by atoms with van der Waals surface area (Å²) < 4.78 is 10.5. The summed E-state index contributed by atoms with van der Waals surface area (Å²) in [4.78, 5) is 11.9. The van der Waals surface area contributed by atoms with Crippen LogP contribution in [0.3, 0.4) is 0 Å². The molecule has 0 radical (unpaired) electrons. The third-order valence-corrected chi connectivity index (χ3v) is 3.26. The Morgan fingerprint density at radius 2 is 1.83 bits per heavy atom. The van der Waals surface area contributed by atoms with Gasteiger partial charge in [-0.05, 0) is 23.3 Å². The minimum atomic E-state index is -0.245. The first-order chi connectivity index (χ1) is 11.2. The highest BCUT2D eigenvalue weighted by Gasteiger charge is 2.07. The number of amides is 1. The molecule has 0 aromatic heterocycles. The molecule has 2 aromatic rings. The molecule has 0 bridgehead atoms. The van der Waals surface area contributed by atoms with E-state index in [0.29, 0.717) is 24.5 Å². The number of methoxy groups -OCH3 is 1. The third-order valence-electron chi connectivity index (χ3n) is 3.26. The first-order valence-corrected chi connectivity index (χ1v) is 7.19. The van der Waals surface area contributed by atoms with E-state index in [9.17, 15) is 4.79 Å². The molecule has 0 aliphatic rings. The van der Waals surface area contributed by atoms with Crippen molar-refractivity contribution in [2.75, 3.05) is 13.7 Å². The van der Waals surface area contributed by atoms with Crippen molar-refractivity contribution in [3.63, 3.8) is 0 Å². The Balaban J connectivity index is 1.87. The van der Waals surface area contributed by atoms with Crippen LogP contribution in [-0.2, 0) is 22.7 Å². The molecule has 0 saturated heterocycles. The predicted octanol–water partition coefficient (Wildman–Crippen LogP) is 2.40. The molecule has 118 valence electrons. The van der Waals surface area contributed by atoms with Crippen LogP contribution in [0.5, 0.6) is 5.75 Å². The van der Waals surface area contributed by atoms with Crippen LogP contribution < -0.4 is 10.1 Å². The van der Waals surface area contributed by atoms with Gasteiger partial charge in [0.1, 0.15) is 11.8 Å². The standard InChI is InChI=1S/C18H18N2O3/c1-22-12-16-8-3-2-7-15(16)11-20-18(21)13-23-17-9-5-4-6-14(17)10-19/h2-9H,11-13H2,1H3,(H,20,21). The lowest BCUT2D eigenvalue weighted by Crippen LogP contribution is -2.28. The van der Waals surface area contributed by atoms with Crippen molar-refractivity contribution in [2.45, 2.75) is 13.2 Å². The molecule has 1 N–H and O–H groups in total. The maximum Gasteiger partial charge on any atom is 0.258 e. The van der Waals surface area contributed by atoms with Gasteiger partial charge >= 0.3 is 0 Å². The summed E-state index contributed by atoms with van der Waals surface area (Å²) in [5, 5.41) is 11.8. The van der Waals surface area contributed by atoms with Crippen LogP contribution in [0, 0.1) is 11.3 Å². The molecule has 23 heavy (non-hydrogen) atoms. The number of carbonyl (C=O) groups is 1. The first-order valence-electron chi connectivity index (χ1n) is 7.19. The minimum Gasteiger partial charge on any atom is -0.482 e. The van der Waals surface area contributed by atoms with Crippen LogP contribution in [-0.4, -0.2) is 19.6 Å². The average molecular weight is 310 g/mol. The van der Waals surface area contributed by atoms with Gasteiger partial charge in [0.05, 0.1) is 12.2 Å². The van der Waals surface area contributed by atoms with Crippen molar-refractivity contribution < 1.29 is 14.3 Å². The van der Waals surface area contributed by atoms with Crippen molar-refractivity contribution >= 4 is 5.91 Å². The van der Waals surface area contributed by atoms with E-state index in [2.05, 4.69) is 5.32 Å². The van der Waals surface area contributed by atoms with Gasteiger partial charge < -0.3 is 14.8 Å². The molecule has 1 amide bonds. The Labute approximate surface area is 135 Å². The van der Waals surface area contributed by atoms with Crippen molar-refractivity contribution in [2.24, 2.45) is 0 Å². The number of nitriles is 1. The number of carbonyl (C=O) groups excluding carboxylic acids is 1. The fraction of sp³-hybridized carbons (Fsp3) is 0.222. The number of ether oxygens (including phenoxy) is 2. The maximum absolute atomic E-state index is 11.9. The highest BCUT2D eigenvalue weighted by Crippen LogP contribution is 2.16. The Morgan fingerprint density at radius 1 is 1.13 bits per heavy atom. The van der Waals surface area contributed by atoms with Crippen LogP contribution in [0.25, 0.3) is 0 Å². The Bertz CT molecular complexity index is 707. The third kappa shape index (κ3) is 4.83. The average Bonchev–Trinajstić information content (AvgIpc) is 2.59. The zero-order valence-electron chi connectivity index (χ0n) is 12.9. The summed E-state index contributed by atoms with van der Waals surface area (Å²) in [6.45, 7) is 0.769. The van der Waals surface area contributed by atoms with Gasteiger partial charge in [0, 0.05) is 13.7 Å². The van der Waals surface area contributed by atoms with Crippen LogP contribution in [0.15, 0.2) is 48.5 Å². The topological polar surface area (TPSA) is 71.3 Å². The van der Waals surface area contributed by atoms with E-state index in [1.165, 1.54) is 0 Å². The summed E-state index contributed by atoms with van der Waals surface area (Å²) in [6.07, 6.45) is 0. The van der Waals surface area contributed by atoms with Crippen molar-refractivity contribution in [1.29, 1.82) is 5.26 Å². The van der Waals surface area contributed by atoms with Gasteiger partial charge in [-0.1, -0.05) is 36.4 Å². The van der Waals surface area contributed by atoms with Gasteiger partial charge in [-0.15, -0.1) is 0 Å². The van der Waals surface area contributed by atoms with E-state index < -0.39 is 0 Å². The van der Waals surface area contributed by atoms with Crippen LogP contribution in [0.4, 0.5) is 0 Å². The molecule has 0 atom stereocenters. The van der Waals surface area contributed by atoms with E-state index in [4.69, 9.17) is 14.7 Å². The molecular formula is C18H18N2O3. The van der Waals surface area contributed by atoms with E-state index in [1.54, 1.807) is 31.4 Å². The molecule has 5 nitrogen and oxygen atoms in total.